The number of hydrogen-bond donors (Lipinski definition) is 0. The van der Waals surface area contributed by atoms with E-state index in [4.69, 9.17) is 9.47 Å². The highest BCUT2D eigenvalue weighted by Crippen LogP contribution is 2.38. The molecule has 3 heterocycles. The smallest absolute Gasteiger partial charge is 0.260 e. The molecule has 5 nitrogen and oxygen atoms in total. The lowest BCUT2D eigenvalue weighted by Crippen LogP contribution is -2.57. The average molecular weight is 397 g/mol. The first-order valence-electron chi connectivity index (χ1n) is 9.79. The normalized spacial score (nSPS) is 12.3. The predicted octanol–water partition coefficient (Wildman–Crippen LogP) is 3.22. The molecule has 0 saturated heterocycles. The molecule has 0 amide bonds. The minimum Gasteiger partial charge on any atom is -0.458 e. The lowest BCUT2D eigenvalue weighted by molar-refractivity contribution is 0.465. The zero-order chi connectivity index (χ0) is 20.9. The SMILES string of the molecule is N#Cc1cc(-c2cc3c4c(c2)Oc2ccccc2B4c2ccccc2O3)cc(C#N)n1. The lowest BCUT2D eigenvalue weighted by atomic mass is 9.35. The Balaban J connectivity index is 1.61. The summed E-state index contributed by atoms with van der Waals surface area (Å²) in [6, 6.07) is 27.3. The van der Waals surface area contributed by atoms with Crippen LogP contribution in [0.25, 0.3) is 11.1 Å². The molecule has 6 heteroatoms. The number of ether oxygens (including phenoxy) is 2. The van der Waals surface area contributed by atoms with Crippen molar-refractivity contribution < 1.29 is 9.47 Å². The molecule has 4 aromatic rings. The Morgan fingerprint density at radius 1 is 0.645 bits per heavy atom. The summed E-state index contributed by atoms with van der Waals surface area (Å²) >= 11 is 0. The van der Waals surface area contributed by atoms with Crippen LogP contribution >= 0.6 is 0 Å². The first kappa shape index (κ1) is 17.3. The molecule has 0 radical (unpaired) electrons. The molecule has 2 aliphatic rings. The Hall–Kier alpha value is -4.55. The van der Waals surface area contributed by atoms with Crippen LogP contribution in [0.4, 0.5) is 0 Å². The van der Waals surface area contributed by atoms with Gasteiger partial charge in [-0.15, -0.1) is 0 Å². The van der Waals surface area contributed by atoms with E-state index in [1.807, 2.05) is 60.7 Å². The topological polar surface area (TPSA) is 78.9 Å². The monoisotopic (exact) mass is 397 g/mol. The van der Waals surface area contributed by atoms with Crippen LogP contribution < -0.4 is 25.9 Å². The minimum atomic E-state index is 0.00993. The summed E-state index contributed by atoms with van der Waals surface area (Å²) in [5.41, 5.74) is 5.07. The Morgan fingerprint density at radius 2 is 1.13 bits per heavy atom. The van der Waals surface area contributed by atoms with E-state index in [0.29, 0.717) is 17.1 Å². The van der Waals surface area contributed by atoms with E-state index in [-0.39, 0.29) is 18.1 Å². The van der Waals surface area contributed by atoms with Crippen molar-refractivity contribution in [2.45, 2.75) is 0 Å². The number of rotatable bonds is 1. The quantitative estimate of drug-likeness (QED) is 0.398. The van der Waals surface area contributed by atoms with Gasteiger partial charge in [0.05, 0.1) is 0 Å². The van der Waals surface area contributed by atoms with Gasteiger partial charge >= 0.3 is 0 Å². The molecule has 31 heavy (non-hydrogen) atoms. The Bertz CT molecular complexity index is 1380. The Labute approximate surface area is 178 Å². The van der Waals surface area contributed by atoms with E-state index in [1.165, 1.54) is 0 Å². The highest BCUT2D eigenvalue weighted by molar-refractivity contribution is 6.98. The highest BCUT2D eigenvalue weighted by atomic mass is 16.5. The number of pyridine rings is 1. The third-order valence-corrected chi connectivity index (χ3v) is 5.68. The molecule has 0 aliphatic carbocycles. The van der Waals surface area contributed by atoms with E-state index in [1.54, 1.807) is 12.1 Å². The minimum absolute atomic E-state index is 0.00993. The van der Waals surface area contributed by atoms with Gasteiger partial charge in [0.25, 0.3) is 6.71 Å². The second-order valence-electron chi connectivity index (χ2n) is 7.45. The van der Waals surface area contributed by atoms with Crippen LogP contribution in [0.5, 0.6) is 23.0 Å². The molecule has 3 aromatic carbocycles. The number of aromatic nitrogens is 1. The fraction of sp³-hybridized carbons (Fsp3) is 0. The first-order chi connectivity index (χ1) is 15.2. The van der Waals surface area contributed by atoms with Gasteiger partial charge in [-0.2, -0.15) is 10.5 Å². The van der Waals surface area contributed by atoms with E-state index in [0.717, 1.165) is 33.5 Å². The molecule has 142 valence electrons. The van der Waals surface area contributed by atoms with Crippen molar-refractivity contribution in [3.05, 3.63) is 84.2 Å². The molecule has 1 aromatic heterocycles. The Morgan fingerprint density at radius 3 is 1.65 bits per heavy atom. The zero-order valence-electron chi connectivity index (χ0n) is 16.2. The van der Waals surface area contributed by atoms with E-state index < -0.39 is 0 Å². The number of fused-ring (bicyclic) bond motifs is 4. The maximum absolute atomic E-state index is 9.31. The van der Waals surface area contributed by atoms with Crippen molar-refractivity contribution in [2.24, 2.45) is 0 Å². The van der Waals surface area contributed by atoms with E-state index in [2.05, 4.69) is 17.1 Å². The standard InChI is InChI=1S/C25H12BN3O2/c27-13-17-9-15(10-18(14-28)29-17)16-11-23-25-24(12-16)31-22-8-4-2-6-20(22)26(25)19-5-1-3-7-21(19)30-23/h1-12H. The number of benzene rings is 3. The molecule has 0 saturated carbocycles. The van der Waals surface area contributed by atoms with Crippen LogP contribution in [0.15, 0.2) is 72.8 Å². The van der Waals surface area contributed by atoms with Crippen molar-refractivity contribution in [1.82, 2.24) is 4.98 Å². The van der Waals surface area contributed by atoms with Gasteiger partial charge < -0.3 is 9.47 Å². The van der Waals surface area contributed by atoms with Crippen molar-refractivity contribution >= 4 is 23.1 Å². The maximum Gasteiger partial charge on any atom is 0.260 e. The molecule has 2 aliphatic heterocycles. The summed E-state index contributed by atoms with van der Waals surface area (Å²) < 4.78 is 12.6. The van der Waals surface area contributed by atoms with Gasteiger partial charge in [0.15, 0.2) is 0 Å². The summed E-state index contributed by atoms with van der Waals surface area (Å²) in [5, 5.41) is 18.6. The number of nitriles is 2. The third-order valence-electron chi connectivity index (χ3n) is 5.68. The summed E-state index contributed by atoms with van der Waals surface area (Å²) in [6.07, 6.45) is 0. The number of nitrogens with zero attached hydrogens (tertiary/aromatic N) is 3. The van der Waals surface area contributed by atoms with Gasteiger partial charge in [-0.3, -0.25) is 0 Å². The largest absolute Gasteiger partial charge is 0.458 e. The van der Waals surface area contributed by atoms with Crippen LogP contribution in [0.1, 0.15) is 11.4 Å². The molecule has 0 spiro atoms. The van der Waals surface area contributed by atoms with Crippen LogP contribution in [-0.4, -0.2) is 11.7 Å². The molecule has 0 fully saturated rings. The first-order valence-corrected chi connectivity index (χ1v) is 9.79. The molecule has 0 bridgehead atoms. The van der Waals surface area contributed by atoms with Gasteiger partial charge in [0, 0.05) is 5.46 Å². The molecular weight excluding hydrogens is 385 g/mol. The maximum atomic E-state index is 9.31. The third kappa shape index (κ3) is 2.60. The molecule has 0 unspecified atom stereocenters. The summed E-state index contributed by atoms with van der Waals surface area (Å²) in [4.78, 5) is 4.02. The lowest BCUT2D eigenvalue weighted by Gasteiger charge is -2.33. The molecular formula is C25H12BN3O2. The van der Waals surface area contributed by atoms with Gasteiger partial charge in [0.2, 0.25) is 0 Å². The summed E-state index contributed by atoms with van der Waals surface area (Å²) in [7, 11) is 0. The van der Waals surface area contributed by atoms with Crippen LogP contribution in [0.2, 0.25) is 0 Å². The number of para-hydroxylation sites is 2. The van der Waals surface area contributed by atoms with Gasteiger partial charge in [-0.1, -0.05) is 36.4 Å². The fourth-order valence-corrected chi connectivity index (χ4v) is 4.37. The van der Waals surface area contributed by atoms with Crippen LogP contribution in [0, 0.1) is 22.7 Å². The molecule has 6 rings (SSSR count). The van der Waals surface area contributed by atoms with Gasteiger partial charge in [-0.25, -0.2) is 4.98 Å². The van der Waals surface area contributed by atoms with Gasteiger partial charge in [0.1, 0.15) is 46.5 Å². The van der Waals surface area contributed by atoms with Crippen LogP contribution in [0.3, 0.4) is 0 Å². The van der Waals surface area contributed by atoms with Gasteiger partial charge in [-0.05, 0) is 58.5 Å². The second kappa shape index (κ2) is 6.48. The number of hydrogen-bond acceptors (Lipinski definition) is 5. The Kier molecular flexibility index (Phi) is 3.62. The predicted molar refractivity (Wildman–Crippen MR) is 117 cm³/mol. The summed E-state index contributed by atoms with van der Waals surface area (Å²) in [5.74, 6) is 3.04. The van der Waals surface area contributed by atoms with E-state index >= 15 is 0 Å². The van der Waals surface area contributed by atoms with E-state index in [9.17, 15) is 10.5 Å². The van der Waals surface area contributed by atoms with Crippen molar-refractivity contribution in [3.8, 4) is 46.3 Å². The average Bonchev–Trinajstić information content (AvgIpc) is 2.83. The van der Waals surface area contributed by atoms with Crippen molar-refractivity contribution in [3.63, 3.8) is 0 Å². The molecule has 0 N–H and O–H groups in total. The fourth-order valence-electron chi connectivity index (χ4n) is 4.37. The summed E-state index contributed by atoms with van der Waals surface area (Å²) in [6.45, 7) is 0.00993. The van der Waals surface area contributed by atoms with Crippen molar-refractivity contribution in [2.75, 3.05) is 0 Å². The van der Waals surface area contributed by atoms with Crippen LogP contribution in [-0.2, 0) is 0 Å². The highest BCUT2D eigenvalue weighted by Gasteiger charge is 2.40. The molecule has 0 atom stereocenters. The van der Waals surface area contributed by atoms with Crippen molar-refractivity contribution in [1.29, 1.82) is 10.5 Å². The second-order valence-corrected chi connectivity index (χ2v) is 7.45. The zero-order valence-corrected chi connectivity index (χ0v) is 16.2.